The van der Waals surface area contributed by atoms with Crippen LogP contribution in [0.25, 0.3) is 0 Å². The fourth-order valence-corrected chi connectivity index (χ4v) is 3.87. The maximum atomic E-state index is 5.79. The van der Waals surface area contributed by atoms with Gasteiger partial charge in [0.25, 0.3) is 0 Å². The molecule has 116 valence electrons. The van der Waals surface area contributed by atoms with E-state index in [0.717, 1.165) is 36.8 Å². The fraction of sp³-hybridized carbons (Fsp3) is 0.667. The summed E-state index contributed by atoms with van der Waals surface area (Å²) in [6.07, 6.45) is 3.50. The van der Waals surface area contributed by atoms with Gasteiger partial charge in [-0.15, -0.1) is 15.3 Å². The molecule has 2 aromatic heterocycles. The summed E-state index contributed by atoms with van der Waals surface area (Å²) in [7, 11) is 0. The van der Waals surface area contributed by atoms with Crippen molar-refractivity contribution in [1.82, 2.24) is 25.4 Å². The van der Waals surface area contributed by atoms with E-state index in [2.05, 4.69) is 30.3 Å². The Labute approximate surface area is 129 Å². The summed E-state index contributed by atoms with van der Waals surface area (Å²) in [5.74, 6) is 2.66. The second-order valence-corrected chi connectivity index (χ2v) is 6.53. The molecule has 2 atom stereocenters. The third kappa shape index (κ3) is 1.91. The van der Waals surface area contributed by atoms with Crippen LogP contribution in [0, 0.1) is 26.7 Å². The van der Waals surface area contributed by atoms with E-state index in [1.165, 1.54) is 12.8 Å². The standard InChI is InChI=1S/C15H20N6O/c1-9-10(2)17-20-14(16-9)21-7-12-5-4-6-15(12,8-21)13-19-18-11(3)22-13/h12H,4-8H2,1-3H3/t12-,15-/m0/s1. The zero-order valence-corrected chi connectivity index (χ0v) is 13.2. The van der Waals surface area contributed by atoms with Crippen LogP contribution in [0.4, 0.5) is 5.95 Å². The Morgan fingerprint density at radius 2 is 1.95 bits per heavy atom. The van der Waals surface area contributed by atoms with Gasteiger partial charge >= 0.3 is 0 Å². The van der Waals surface area contributed by atoms with Crippen LogP contribution in [0.1, 0.15) is 42.4 Å². The molecule has 0 spiro atoms. The van der Waals surface area contributed by atoms with Crippen molar-refractivity contribution in [2.24, 2.45) is 5.92 Å². The predicted molar refractivity (Wildman–Crippen MR) is 79.6 cm³/mol. The third-order valence-corrected chi connectivity index (χ3v) is 5.19. The molecule has 4 rings (SSSR count). The lowest BCUT2D eigenvalue weighted by molar-refractivity contribution is 0.299. The van der Waals surface area contributed by atoms with Gasteiger partial charge in [-0.05, 0) is 32.6 Å². The molecule has 7 heteroatoms. The molecule has 0 aromatic carbocycles. The van der Waals surface area contributed by atoms with Crippen molar-refractivity contribution in [3.63, 3.8) is 0 Å². The molecule has 0 N–H and O–H groups in total. The molecule has 0 amide bonds. The van der Waals surface area contributed by atoms with Crippen molar-refractivity contribution in [1.29, 1.82) is 0 Å². The summed E-state index contributed by atoms with van der Waals surface area (Å²) in [6.45, 7) is 7.53. The van der Waals surface area contributed by atoms with Crippen LogP contribution in [0.15, 0.2) is 4.42 Å². The van der Waals surface area contributed by atoms with E-state index in [0.29, 0.717) is 17.8 Å². The third-order valence-electron chi connectivity index (χ3n) is 5.19. The second-order valence-electron chi connectivity index (χ2n) is 6.53. The molecular formula is C15H20N6O. The summed E-state index contributed by atoms with van der Waals surface area (Å²) in [4.78, 5) is 6.82. The van der Waals surface area contributed by atoms with Crippen LogP contribution in [-0.4, -0.2) is 38.5 Å². The van der Waals surface area contributed by atoms with Crippen LogP contribution in [0.3, 0.4) is 0 Å². The summed E-state index contributed by atoms with van der Waals surface area (Å²) < 4.78 is 5.79. The lowest BCUT2D eigenvalue weighted by Crippen LogP contribution is -2.33. The average molecular weight is 300 g/mol. The van der Waals surface area contributed by atoms with Gasteiger partial charge in [0.2, 0.25) is 17.7 Å². The SMILES string of the molecule is Cc1nnc([C@]23CCC[C@H]2CN(c2nnc(C)c(C)n2)C3)o1. The summed E-state index contributed by atoms with van der Waals surface area (Å²) in [6, 6.07) is 0. The molecule has 1 saturated heterocycles. The zero-order valence-electron chi connectivity index (χ0n) is 13.2. The first-order chi connectivity index (χ1) is 10.6. The quantitative estimate of drug-likeness (QED) is 0.835. The van der Waals surface area contributed by atoms with E-state index in [9.17, 15) is 0 Å². The van der Waals surface area contributed by atoms with Gasteiger partial charge in [0.05, 0.1) is 16.8 Å². The van der Waals surface area contributed by atoms with E-state index < -0.39 is 0 Å². The maximum absolute atomic E-state index is 5.79. The number of hydrogen-bond acceptors (Lipinski definition) is 7. The van der Waals surface area contributed by atoms with Crippen molar-refractivity contribution in [2.75, 3.05) is 18.0 Å². The summed E-state index contributed by atoms with van der Waals surface area (Å²) in [5.41, 5.74) is 1.78. The van der Waals surface area contributed by atoms with Crippen molar-refractivity contribution in [3.8, 4) is 0 Å². The molecule has 1 aliphatic carbocycles. The summed E-state index contributed by atoms with van der Waals surface area (Å²) in [5, 5.41) is 16.8. The van der Waals surface area contributed by atoms with Gasteiger partial charge in [0.15, 0.2) is 0 Å². The molecule has 3 heterocycles. The van der Waals surface area contributed by atoms with Crippen molar-refractivity contribution in [2.45, 2.75) is 45.4 Å². The smallest absolute Gasteiger partial charge is 0.245 e. The monoisotopic (exact) mass is 300 g/mol. The second kappa shape index (κ2) is 4.72. The average Bonchev–Trinajstić information content (AvgIpc) is 3.15. The highest BCUT2D eigenvalue weighted by atomic mass is 16.4. The first-order valence-electron chi connectivity index (χ1n) is 7.82. The number of fused-ring (bicyclic) bond motifs is 1. The maximum Gasteiger partial charge on any atom is 0.245 e. The first kappa shape index (κ1) is 13.6. The van der Waals surface area contributed by atoms with E-state index >= 15 is 0 Å². The highest BCUT2D eigenvalue weighted by molar-refractivity contribution is 5.37. The van der Waals surface area contributed by atoms with E-state index in [4.69, 9.17) is 4.42 Å². The lowest BCUT2D eigenvalue weighted by Gasteiger charge is -2.24. The molecule has 2 fully saturated rings. The molecular weight excluding hydrogens is 280 g/mol. The highest BCUT2D eigenvalue weighted by Crippen LogP contribution is 2.50. The summed E-state index contributed by atoms with van der Waals surface area (Å²) >= 11 is 0. The zero-order chi connectivity index (χ0) is 15.3. The highest BCUT2D eigenvalue weighted by Gasteiger charge is 2.54. The topological polar surface area (TPSA) is 80.8 Å². The molecule has 0 bridgehead atoms. The molecule has 0 radical (unpaired) electrons. The fourth-order valence-electron chi connectivity index (χ4n) is 3.87. The van der Waals surface area contributed by atoms with Crippen LogP contribution < -0.4 is 4.90 Å². The van der Waals surface area contributed by atoms with Gasteiger partial charge in [-0.25, -0.2) is 4.98 Å². The van der Waals surface area contributed by atoms with Gasteiger partial charge in [-0.1, -0.05) is 6.42 Å². The van der Waals surface area contributed by atoms with E-state index in [1.807, 2.05) is 20.8 Å². The lowest BCUT2D eigenvalue weighted by atomic mass is 9.80. The molecule has 22 heavy (non-hydrogen) atoms. The Hall–Kier alpha value is -2.05. The van der Waals surface area contributed by atoms with Gasteiger partial charge in [-0.2, -0.15) is 5.10 Å². The molecule has 2 aliphatic rings. The number of aromatic nitrogens is 5. The Morgan fingerprint density at radius 3 is 2.68 bits per heavy atom. The number of aryl methyl sites for hydroxylation is 3. The minimum atomic E-state index is -0.0383. The Balaban J connectivity index is 1.68. The molecule has 7 nitrogen and oxygen atoms in total. The number of hydrogen-bond donors (Lipinski definition) is 0. The Bertz CT molecular complexity index is 714. The molecule has 1 aliphatic heterocycles. The van der Waals surface area contributed by atoms with Crippen LogP contribution in [0.2, 0.25) is 0 Å². The Kier molecular flexibility index (Phi) is 2.92. The molecule has 1 saturated carbocycles. The minimum absolute atomic E-state index is 0.0383. The van der Waals surface area contributed by atoms with Crippen LogP contribution >= 0.6 is 0 Å². The van der Waals surface area contributed by atoms with E-state index in [1.54, 1.807) is 0 Å². The van der Waals surface area contributed by atoms with Gasteiger partial charge in [0, 0.05) is 20.0 Å². The number of nitrogens with zero attached hydrogens (tertiary/aromatic N) is 6. The van der Waals surface area contributed by atoms with Crippen LogP contribution in [-0.2, 0) is 5.41 Å². The number of rotatable bonds is 2. The number of anilines is 1. The largest absolute Gasteiger partial charge is 0.425 e. The first-order valence-corrected chi connectivity index (χ1v) is 7.82. The van der Waals surface area contributed by atoms with Gasteiger partial charge < -0.3 is 9.32 Å². The van der Waals surface area contributed by atoms with Gasteiger partial charge in [-0.3, -0.25) is 0 Å². The van der Waals surface area contributed by atoms with Crippen molar-refractivity contribution < 1.29 is 4.42 Å². The van der Waals surface area contributed by atoms with E-state index in [-0.39, 0.29) is 5.41 Å². The van der Waals surface area contributed by atoms with Crippen molar-refractivity contribution in [3.05, 3.63) is 23.2 Å². The normalized spacial score (nSPS) is 27.4. The van der Waals surface area contributed by atoms with Gasteiger partial charge in [0.1, 0.15) is 0 Å². The van der Waals surface area contributed by atoms with Crippen LogP contribution in [0.5, 0.6) is 0 Å². The van der Waals surface area contributed by atoms with Crippen molar-refractivity contribution >= 4 is 5.95 Å². The Morgan fingerprint density at radius 1 is 1.09 bits per heavy atom. The minimum Gasteiger partial charge on any atom is -0.425 e. The molecule has 2 aromatic rings. The predicted octanol–water partition coefficient (Wildman–Crippen LogP) is 1.74. The molecule has 0 unspecified atom stereocenters.